The second-order valence-corrected chi connectivity index (χ2v) is 5.68. The van der Waals surface area contributed by atoms with Gasteiger partial charge in [-0.2, -0.15) is 0 Å². The molecular weight excluding hydrogens is 308 g/mol. The van der Waals surface area contributed by atoms with E-state index in [0.717, 1.165) is 19.3 Å². The van der Waals surface area contributed by atoms with Gasteiger partial charge in [0.05, 0.1) is 13.7 Å². The first kappa shape index (κ1) is 20.0. The Kier molecular flexibility index (Phi) is 10.3. The molecule has 0 N–H and O–H groups in total. The van der Waals surface area contributed by atoms with Crippen LogP contribution in [-0.4, -0.2) is 25.7 Å². The molecule has 0 radical (unpaired) electrons. The van der Waals surface area contributed by atoms with Gasteiger partial charge in [0, 0.05) is 0 Å². The molecule has 0 aromatic heterocycles. The van der Waals surface area contributed by atoms with Crippen LogP contribution in [0.5, 0.6) is 11.5 Å². The molecule has 0 spiro atoms. The molecule has 1 aromatic carbocycles. The van der Waals surface area contributed by atoms with Crippen molar-refractivity contribution in [1.82, 2.24) is 0 Å². The highest BCUT2D eigenvalue weighted by Gasteiger charge is 2.16. The molecule has 5 nitrogen and oxygen atoms in total. The number of carbonyl (C=O) groups is 2. The molecule has 0 saturated heterocycles. The predicted molar refractivity (Wildman–Crippen MR) is 92.2 cm³/mol. The van der Waals surface area contributed by atoms with Gasteiger partial charge >= 0.3 is 11.9 Å². The van der Waals surface area contributed by atoms with E-state index in [4.69, 9.17) is 9.47 Å². The summed E-state index contributed by atoms with van der Waals surface area (Å²) in [7, 11) is 1.13. The fourth-order valence-electron chi connectivity index (χ4n) is 2.26. The lowest BCUT2D eigenvalue weighted by atomic mass is 10.1. The van der Waals surface area contributed by atoms with Crippen molar-refractivity contribution in [3.8, 4) is 11.5 Å². The lowest BCUT2D eigenvalue weighted by Crippen LogP contribution is -2.21. The second-order valence-electron chi connectivity index (χ2n) is 5.68. The zero-order chi connectivity index (χ0) is 17.6. The van der Waals surface area contributed by atoms with E-state index in [1.807, 2.05) is 0 Å². The van der Waals surface area contributed by atoms with Crippen LogP contribution in [0.3, 0.4) is 0 Å². The maximum absolute atomic E-state index is 11.3. The van der Waals surface area contributed by atoms with Crippen LogP contribution in [0.1, 0.15) is 58.3 Å². The van der Waals surface area contributed by atoms with Gasteiger partial charge in [0.1, 0.15) is 11.5 Å². The second kappa shape index (κ2) is 12.4. The molecule has 0 saturated carbocycles. The third-order valence-electron chi connectivity index (χ3n) is 3.65. The van der Waals surface area contributed by atoms with E-state index < -0.39 is 11.9 Å². The third kappa shape index (κ3) is 8.56. The number of hydrogen-bond acceptors (Lipinski definition) is 5. The molecule has 0 bridgehead atoms. The standard InChI is InChI=1S/C19H28O5/c1-3-4-5-6-7-8-9-10-15-23-16-11-13-17(14-12-16)24-19(21)18(20)22-2/h11-14H,3-10,15H2,1-2H3. The van der Waals surface area contributed by atoms with E-state index in [1.165, 1.54) is 44.9 Å². The minimum absolute atomic E-state index is 0.282. The van der Waals surface area contributed by atoms with Crippen molar-refractivity contribution in [3.63, 3.8) is 0 Å². The number of benzene rings is 1. The first-order valence-corrected chi connectivity index (χ1v) is 8.70. The minimum Gasteiger partial charge on any atom is -0.494 e. The largest absolute Gasteiger partial charge is 0.494 e. The number of unbranched alkanes of at least 4 members (excludes halogenated alkanes) is 7. The van der Waals surface area contributed by atoms with Crippen LogP contribution in [-0.2, 0) is 14.3 Å². The van der Waals surface area contributed by atoms with Gasteiger partial charge in [-0.15, -0.1) is 0 Å². The Bertz CT molecular complexity index is 481. The zero-order valence-electron chi connectivity index (χ0n) is 14.7. The molecule has 24 heavy (non-hydrogen) atoms. The van der Waals surface area contributed by atoms with Gasteiger partial charge in [-0.1, -0.05) is 51.9 Å². The van der Waals surface area contributed by atoms with Crippen molar-refractivity contribution in [2.45, 2.75) is 58.3 Å². The average molecular weight is 336 g/mol. The SMILES string of the molecule is CCCCCCCCCCOc1ccc(OC(=O)C(=O)OC)cc1. The van der Waals surface area contributed by atoms with Gasteiger partial charge in [0.15, 0.2) is 0 Å². The molecule has 1 aromatic rings. The Balaban J connectivity index is 2.14. The molecule has 0 aliphatic rings. The van der Waals surface area contributed by atoms with E-state index in [0.29, 0.717) is 6.61 Å². The summed E-state index contributed by atoms with van der Waals surface area (Å²) in [5.74, 6) is -1.06. The van der Waals surface area contributed by atoms with Gasteiger partial charge < -0.3 is 14.2 Å². The van der Waals surface area contributed by atoms with E-state index in [9.17, 15) is 9.59 Å². The van der Waals surface area contributed by atoms with Crippen LogP contribution in [0.25, 0.3) is 0 Å². The monoisotopic (exact) mass is 336 g/mol. The van der Waals surface area contributed by atoms with Crippen molar-refractivity contribution in [3.05, 3.63) is 24.3 Å². The first-order chi connectivity index (χ1) is 11.7. The van der Waals surface area contributed by atoms with Gasteiger partial charge in [0.25, 0.3) is 0 Å². The Labute approximate surface area is 144 Å². The van der Waals surface area contributed by atoms with Crippen molar-refractivity contribution in [2.24, 2.45) is 0 Å². The summed E-state index contributed by atoms with van der Waals surface area (Å²) in [6, 6.07) is 6.60. The number of hydrogen-bond donors (Lipinski definition) is 0. The highest BCUT2D eigenvalue weighted by Crippen LogP contribution is 2.18. The Hall–Kier alpha value is -2.04. The van der Waals surface area contributed by atoms with Crippen LogP contribution in [0.15, 0.2) is 24.3 Å². The van der Waals surface area contributed by atoms with Crippen LogP contribution in [0.2, 0.25) is 0 Å². The summed E-state index contributed by atoms with van der Waals surface area (Å²) < 4.78 is 14.8. The van der Waals surface area contributed by atoms with E-state index >= 15 is 0 Å². The van der Waals surface area contributed by atoms with E-state index in [-0.39, 0.29) is 5.75 Å². The molecular formula is C19H28O5. The summed E-state index contributed by atoms with van der Waals surface area (Å²) >= 11 is 0. The molecule has 1 rings (SSSR count). The normalized spacial score (nSPS) is 10.2. The lowest BCUT2D eigenvalue weighted by Gasteiger charge is -2.07. The number of methoxy groups -OCH3 is 1. The predicted octanol–water partition coefficient (Wildman–Crippen LogP) is 4.28. The average Bonchev–Trinajstić information content (AvgIpc) is 2.61. The topological polar surface area (TPSA) is 61.8 Å². The number of ether oxygens (including phenoxy) is 3. The Morgan fingerprint density at radius 2 is 1.33 bits per heavy atom. The third-order valence-corrected chi connectivity index (χ3v) is 3.65. The van der Waals surface area contributed by atoms with Crippen molar-refractivity contribution >= 4 is 11.9 Å². The molecule has 0 unspecified atom stereocenters. The summed E-state index contributed by atoms with van der Waals surface area (Å²) in [4.78, 5) is 22.2. The van der Waals surface area contributed by atoms with Crippen LogP contribution in [0.4, 0.5) is 0 Å². The highest BCUT2D eigenvalue weighted by atomic mass is 16.6. The maximum Gasteiger partial charge on any atom is 0.422 e. The lowest BCUT2D eigenvalue weighted by molar-refractivity contribution is -0.160. The molecule has 0 amide bonds. The first-order valence-electron chi connectivity index (χ1n) is 8.70. The van der Waals surface area contributed by atoms with Crippen molar-refractivity contribution < 1.29 is 23.8 Å². The number of esters is 2. The number of rotatable bonds is 11. The van der Waals surface area contributed by atoms with E-state index in [1.54, 1.807) is 24.3 Å². The van der Waals surface area contributed by atoms with Gasteiger partial charge in [0.2, 0.25) is 0 Å². The van der Waals surface area contributed by atoms with Gasteiger partial charge in [-0.25, -0.2) is 9.59 Å². The quantitative estimate of drug-likeness (QED) is 0.261. The van der Waals surface area contributed by atoms with Crippen molar-refractivity contribution in [2.75, 3.05) is 13.7 Å². The van der Waals surface area contributed by atoms with Crippen LogP contribution < -0.4 is 9.47 Å². The van der Waals surface area contributed by atoms with Gasteiger partial charge in [-0.3, -0.25) is 0 Å². The van der Waals surface area contributed by atoms with Crippen molar-refractivity contribution in [1.29, 1.82) is 0 Å². The fourth-order valence-corrected chi connectivity index (χ4v) is 2.26. The smallest absolute Gasteiger partial charge is 0.422 e. The minimum atomic E-state index is -1.04. The molecule has 0 aliphatic carbocycles. The molecule has 134 valence electrons. The maximum atomic E-state index is 11.3. The Morgan fingerprint density at radius 3 is 1.92 bits per heavy atom. The summed E-state index contributed by atoms with van der Waals surface area (Å²) in [5, 5.41) is 0. The Morgan fingerprint density at radius 1 is 0.792 bits per heavy atom. The number of carbonyl (C=O) groups excluding carboxylic acids is 2. The summed E-state index contributed by atoms with van der Waals surface area (Å²) in [6.45, 7) is 2.91. The molecule has 0 atom stereocenters. The zero-order valence-corrected chi connectivity index (χ0v) is 14.7. The fraction of sp³-hybridized carbons (Fsp3) is 0.579. The molecule has 0 aliphatic heterocycles. The summed E-state index contributed by atoms with van der Waals surface area (Å²) in [5.41, 5.74) is 0. The molecule has 0 heterocycles. The highest BCUT2D eigenvalue weighted by molar-refractivity contribution is 6.30. The van der Waals surface area contributed by atoms with Crippen LogP contribution >= 0.6 is 0 Å². The molecule has 0 fully saturated rings. The summed E-state index contributed by atoms with van der Waals surface area (Å²) in [6.07, 6.45) is 10.1. The van der Waals surface area contributed by atoms with Gasteiger partial charge in [-0.05, 0) is 30.7 Å². The molecule has 5 heteroatoms. The van der Waals surface area contributed by atoms with Crippen LogP contribution in [0, 0.1) is 0 Å². The van der Waals surface area contributed by atoms with E-state index in [2.05, 4.69) is 11.7 Å².